The van der Waals surface area contributed by atoms with Gasteiger partial charge in [-0.15, -0.1) is 21.5 Å². The van der Waals surface area contributed by atoms with E-state index >= 15 is 0 Å². The van der Waals surface area contributed by atoms with E-state index in [1.165, 1.54) is 18.3 Å². The van der Waals surface area contributed by atoms with Gasteiger partial charge in [-0.05, 0) is 35.6 Å². The van der Waals surface area contributed by atoms with Crippen molar-refractivity contribution in [3.05, 3.63) is 52.3 Å². The van der Waals surface area contributed by atoms with Crippen LogP contribution in [0, 0.1) is 0 Å². The van der Waals surface area contributed by atoms with Crippen LogP contribution >= 0.6 is 22.7 Å². The van der Waals surface area contributed by atoms with E-state index in [1.807, 2.05) is 41.8 Å². The molecule has 7 heteroatoms. The normalized spacial score (nSPS) is 12.0. The van der Waals surface area contributed by atoms with Crippen LogP contribution in [0.1, 0.15) is 23.5 Å². The molecule has 0 saturated heterocycles. The maximum atomic E-state index is 11.5. The van der Waals surface area contributed by atoms with E-state index < -0.39 is 0 Å². The van der Waals surface area contributed by atoms with Crippen molar-refractivity contribution in [3.8, 4) is 9.88 Å². The molecule has 0 unspecified atom stereocenters. The van der Waals surface area contributed by atoms with Crippen molar-refractivity contribution in [3.63, 3.8) is 0 Å². The first kappa shape index (κ1) is 15.6. The minimum Gasteiger partial charge on any atom is -0.399 e. The lowest BCUT2D eigenvalue weighted by atomic mass is 10.1. The fraction of sp³-hybridized carbons (Fsp3) is 0.188. The zero-order valence-corrected chi connectivity index (χ0v) is 14.2. The lowest BCUT2D eigenvalue weighted by molar-refractivity contribution is -0.119. The van der Waals surface area contributed by atoms with Gasteiger partial charge in [-0.25, -0.2) is 0 Å². The molecule has 1 atom stereocenters. The fourth-order valence-electron chi connectivity index (χ4n) is 2.21. The number of aromatic nitrogens is 2. The van der Waals surface area contributed by atoms with E-state index in [1.54, 1.807) is 11.3 Å². The third-order valence-corrected chi connectivity index (χ3v) is 5.34. The molecule has 0 radical (unpaired) electrons. The van der Waals surface area contributed by atoms with Gasteiger partial charge in [0.15, 0.2) is 5.01 Å². The van der Waals surface area contributed by atoms with Gasteiger partial charge in [0, 0.05) is 12.6 Å². The summed E-state index contributed by atoms with van der Waals surface area (Å²) in [5, 5.41) is 15.2. The van der Waals surface area contributed by atoms with Crippen LogP contribution in [0.4, 0.5) is 5.69 Å². The van der Waals surface area contributed by atoms with Gasteiger partial charge >= 0.3 is 0 Å². The van der Waals surface area contributed by atoms with Crippen LogP contribution in [-0.4, -0.2) is 16.1 Å². The van der Waals surface area contributed by atoms with Crippen molar-refractivity contribution < 1.29 is 4.79 Å². The highest BCUT2D eigenvalue weighted by Gasteiger charge is 2.19. The number of carbonyl (C=O) groups is 1. The van der Waals surface area contributed by atoms with Crippen LogP contribution in [0.3, 0.4) is 0 Å². The van der Waals surface area contributed by atoms with Crippen LogP contribution in [0.15, 0.2) is 41.8 Å². The summed E-state index contributed by atoms with van der Waals surface area (Å²) in [6.45, 7) is 1.51. The first-order chi connectivity index (χ1) is 11.1. The number of hydrogen-bond donors (Lipinski definition) is 2. The Labute approximate surface area is 142 Å². The number of benzene rings is 1. The van der Waals surface area contributed by atoms with Crippen molar-refractivity contribution in [1.29, 1.82) is 0 Å². The summed E-state index contributed by atoms with van der Waals surface area (Å²) in [5.74, 6) is -0.0849. The summed E-state index contributed by atoms with van der Waals surface area (Å²) >= 11 is 3.14. The molecule has 0 aliphatic carbocycles. The van der Waals surface area contributed by atoms with Crippen LogP contribution in [0.25, 0.3) is 9.88 Å². The minimum absolute atomic E-state index is 0.0849. The molecule has 2 aromatic heterocycles. The van der Waals surface area contributed by atoms with Gasteiger partial charge in [0.2, 0.25) is 5.91 Å². The lowest BCUT2D eigenvalue weighted by Gasteiger charge is -2.15. The van der Waals surface area contributed by atoms with Gasteiger partial charge in [-0.1, -0.05) is 29.5 Å². The number of thiophene rings is 1. The topological polar surface area (TPSA) is 80.9 Å². The molecule has 3 N–H and O–H groups in total. The summed E-state index contributed by atoms with van der Waals surface area (Å²) in [6.07, 6.45) is 0.652. The van der Waals surface area contributed by atoms with Crippen LogP contribution in [0.5, 0.6) is 0 Å². The summed E-state index contributed by atoms with van der Waals surface area (Å²) in [7, 11) is 0. The Morgan fingerprint density at radius 2 is 2.04 bits per heavy atom. The first-order valence-corrected chi connectivity index (χ1v) is 8.80. The van der Waals surface area contributed by atoms with Gasteiger partial charge in [0.1, 0.15) is 5.01 Å². The predicted octanol–water partition coefficient (Wildman–Crippen LogP) is 3.27. The molecule has 0 aliphatic heterocycles. The number of nitrogens with zero attached hydrogens (tertiary/aromatic N) is 2. The fourth-order valence-corrected chi connectivity index (χ4v) is 3.90. The van der Waals surface area contributed by atoms with E-state index in [2.05, 4.69) is 15.5 Å². The second-order valence-electron chi connectivity index (χ2n) is 5.12. The van der Waals surface area contributed by atoms with Gasteiger partial charge < -0.3 is 11.1 Å². The standard InChI is InChI=1S/C16H16N4OS2/c1-10(21)18-13(9-11-4-6-12(17)7-5-11)15-19-20-16(23-15)14-3-2-8-22-14/h2-8,13H,9,17H2,1H3,(H,18,21)/t13-/m0/s1. The molecule has 5 nitrogen and oxygen atoms in total. The second-order valence-corrected chi connectivity index (χ2v) is 7.08. The highest BCUT2D eigenvalue weighted by atomic mass is 32.1. The van der Waals surface area contributed by atoms with E-state index in [4.69, 9.17) is 5.73 Å². The quantitative estimate of drug-likeness (QED) is 0.696. The molecule has 1 aromatic carbocycles. The number of amides is 1. The molecular formula is C16H16N4OS2. The van der Waals surface area contributed by atoms with E-state index in [0.29, 0.717) is 6.42 Å². The van der Waals surface area contributed by atoms with Crippen molar-refractivity contribution in [2.75, 3.05) is 5.73 Å². The molecule has 0 saturated carbocycles. The zero-order valence-electron chi connectivity index (χ0n) is 12.5. The number of hydrogen-bond acceptors (Lipinski definition) is 6. The summed E-state index contributed by atoms with van der Waals surface area (Å²) in [6, 6.07) is 11.5. The Morgan fingerprint density at radius 1 is 1.26 bits per heavy atom. The molecule has 3 rings (SSSR count). The molecule has 0 spiro atoms. The Hall–Kier alpha value is -2.25. The summed E-state index contributed by atoms with van der Waals surface area (Å²) < 4.78 is 0. The maximum Gasteiger partial charge on any atom is 0.217 e. The van der Waals surface area contributed by atoms with E-state index in [-0.39, 0.29) is 11.9 Å². The van der Waals surface area contributed by atoms with Crippen molar-refractivity contribution in [1.82, 2.24) is 15.5 Å². The number of nitrogens with one attached hydrogen (secondary N) is 1. The average molecular weight is 344 g/mol. The van der Waals surface area contributed by atoms with Gasteiger partial charge in [0.25, 0.3) is 0 Å². The van der Waals surface area contributed by atoms with Crippen molar-refractivity contribution >= 4 is 34.3 Å². The minimum atomic E-state index is -0.192. The van der Waals surface area contributed by atoms with E-state index in [9.17, 15) is 4.79 Å². The molecule has 0 bridgehead atoms. The largest absolute Gasteiger partial charge is 0.399 e. The summed E-state index contributed by atoms with van der Waals surface area (Å²) in [4.78, 5) is 12.6. The average Bonchev–Trinajstić information content (AvgIpc) is 3.19. The number of rotatable bonds is 5. The highest BCUT2D eigenvalue weighted by Crippen LogP contribution is 2.31. The van der Waals surface area contributed by atoms with Crippen LogP contribution in [-0.2, 0) is 11.2 Å². The Balaban J connectivity index is 1.84. The van der Waals surface area contributed by atoms with Crippen molar-refractivity contribution in [2.45, 2.75) is 19.4 Å². The molecule has 0 aliphatic rings. The molecule has 118 valence electrons. The molecule has 2 heterocycles. The first-order valence-electron chi connectivity index (χ1n) is 7.10. The van der Waals surface area contributed by atoms with Crippen molar-refractivity contribution in [2.24, 2.45) is 0 Å². The van der Waals surface area contributed by atoms with Gasteiger partial charge in [0.05, 0.1) is 10.9 Å². The lowest BCUT2D eigenvalue weighted by Crippen LogP contribution is -2.27. The SMILES string of the molecule is CC(=O)N[C@@H](Cc1ccc(N)cc1)c1nnc(-c2cccs2)s1. The molecule has 1 amide bonds. The third-order valence-electron chi connectivity index (χ3n) is 3.27. The molecular weight excluding hydrogens is 328 g/mol. The smallest absolute Gasteiger partial charge is 0.217 e. The predicted molar refractivity (Wildman–Crippen MR) is 94.3 cm³/mol. The highest BCUT2D eigenvalue weighted by molar-refractivity contribution is 7.20. The van der Waals surface area contributed by atoms with Gasteiger partial charge in [-0.2, -0.15) is 0 Å². The number of carbonyl (C=O) groups excluding carboxylic acids is 1. The monoisotopic (exact) mass is 344 g/mol. The number of nitrogens with two attached hydrogens (primary N) is 1. The number of anilines is 1. The molecule has 23 heavy (non-hydrogen) atoms. The maximum absolute atomic E-state index is 11.5. The third kappa shape index (κ3) is 3.94. The Bertz CT molecular complexity index is 781. The summed E-state index contributed by atoms with van der Waals surface area (Å²) in [5.41, 5.74) is 7.53. The van der Waals surface area contributed by atoms with Crippen LogP contribution < -0.4 is 11.1 Å². The zero-order chi connectivity index (χ0) is 16.2. The second kappa shape index (κ2) is 6.89. The van der Waals surface area contributed by atoms with Gasteiger partial charge in [-0.3, -0.25) is 4.79 Å². The van der Waals surface area contributed by atoms with Crippen LogP contribution in [0.2, 0.25) is 0 Å². The number of nitrogen functional groups attached to an aromatic ring is 1. The Kier molecular flexibility index (Phi) is 4.68. The molecule has 3 aromatic rings. The molecule has 0 fully saturated rings. The Morgan fingerprint density at radius 3 is 2.70 bits per heavy atom. The van der Waals surface area contributed by atoms with E-state index in [0.717, 1.165) is 26.1 Å².